The van der Waals surface area contributed by atoms with Gasteiger partial charge in [0.25, 0.3) is 0 Å². The first-order valence-electron chi connectivity index (χ1n) is 13.8. The Morgan fingerprint density at radius 2 is 1.71 bits per heavy atom. The number of nitrogens with zero attached hydrogens (tertiary/aromatic N) is 2. The molecule has 2 amide bonds. The molecular formula is C30H43N3O4S. The van der Waals surface area contributed by atoms with Crippen molar-refractivity contribution in [1.82, 2.24) is 10.2 Å². The van der Waals surface area contributed by atoms with Gasteiger partial charge in [-0.05, 0) is 68.7 Å². The Morgan fingerprint density at radius 1 is 1.03 bits per heavy atom. The summed E-state index contributed by atoms with van der Waals surface area (Å²) in [5, 5.41) is 3.17. The van der Waals surface area contributed by atoms with Crippen LogP contribution in [0.15, 0.2) is 48.5 Å². The Bertz CT molecular complexity index is 1180. The van der Waals surface area contributed by atoms with E-state index in [4.69, 9.17) is 0 Å². The van der Waals surface area contributed by atoms with Crippen LogP contribution >= 0.6 is 0 Å². The van der Waals surface area contributed by atoms with Gasteiger partial charge in [-0.1, -0.05) is 62.2 Å². The molecule has 38 heavy (non-hydrogen) atoms. The molecule has 1 fully saturated rings. The minimum atomic E-state index is -3.53. The van der Waals surface area contributed by atoms with Gasteiger partial charge in [-0.2, -0.15) is 0 Å². The first-order valence-corrected chi connectivity index (χ1v) is 15.6. The summed E-state index contributed by atoms with van der Waals surface area (Å²) in [4.78, 5) is 28.5. The van der Waals surface area contributed by atoms with E-state index in [-0.39, 0.29) is 30.8 Å². The van der Waals surface area contributed by atoms with E-state index in [1.807, 2.05) is 69.3 Å². The van der Waals surface area contributed by atoms with Crippen molar-refractivity contribution in [2.45, 2.75) is 84.2 Å². The second kappa shape index (κ2) is 13.8. The van der Waals surface area contributed by atoms with Crippen LogP contribution in [0, 0.1) is 13.8 Å². The molecule has 0 aromatic heterocycles. The highest BCUT2D eigenvalue weighted by molar-refractivity contribution is 7.92. The highest BCUT2D eigenvalue weighted by Gasteiger charge is 2.30. The topological polar surface area (TPSA) is 86.8 Å². The van der Waals surface area contributed by atoms with E-state index in [0.29, 0.717) is 31.5 Å². The van der Waals surface area contributed by atoms with Crippen LogP contribution in [0.1, 0.15) is 68.6 Å². The molecule has 2 aromatic carbocycles. The molecule has 0 bridgehead atoms. The molecule has 7 nitrogen and oxygen atoms in total. The number of nitrogens with one attached hydrogen (secondary N) is 1. The molecule has 0 heterocycles. The molecule has 1 N–H and O–H groups in total. The Kier molecular flexibility index (Phi) is 10.8. The third-order valence-corrected chi connectivity index (χ3v) is 8.54. The lowest BCUT2D eigenvalue weighted by atomic mass is 10.1. The largest absolute Gasteiger partial charge is 0.352 e. The van der Waals surface area contributed by atoms with E-state index >= 15 is 0 Å². The van der Waals surface area contributed by atoms with Gasteiger partial charge in [0.2, 0.25) is 21.8 Å². The van der Waals surface area contributed by atoms with Gasteiger partial charge >= 0.3 is 0 Å². The SMILES string of the molecule is CCC(C(=O)NC1CCCC1)N(CCc1ccccc1)C(=O)CCCN(c1cc(C)ccc1C)S(C)(=O)=O. The van der Waals surface area contributed by atoms with Crippen molar-refractivity contribution in [1.29, 1.82) is 0 Å². The van der Waals surface area contributed by atoms with Crippen LogP contribution in [0.2, 0.25) is 0 Å². The lowest BCUT2D eigenvalue weighted by Crippen LogP contribution is -2.52. The van der Waals surface area contributed by atoms with Gasteiger partial charge in [0.05, 0.1) is 11.9 Å². The third kappa shape index (κ3) is 8.32. The minimum Gasteiger partial charge on any atom is -0.352 e. The molecule has 1 unspecified atom stereocenters. The summed E-state index contributed by atoms with van der Waals surface area (Å²) < 4.78 is 26.7. The standard InChI is InChI=1S/C30H43N3O4S/c1-5-27(30(35)31-26-14-9-10-15-26)32(21-19-25-12-7-6-8-13-25)29(34)16-11-20-33(38(4,36)37)28-22-23(2)17-18-24(28)3/h6-8,12-13,17-18,22,26-27H,5,9-11,14-16,19-21H2,1-4H3,(H,31,35). The van der Waals surface area contributed by atoms with E-state index in [2.05, 4.69) is 5.32 Å². The molecule has 1 saturated carbocycles. The molecule has 208 valence electrons. The Balaban J connectivity index is 1.73. The molecule has 0 aliphatic heterocycles. The molecule has 8 heteroatoms. The zero-order valence-corrected chi connectivity index (χ0v) is 24.1. The summed E-state index contributed by atoms with van der Waals surface area (Å²) in [7, 11) is -3.53. The summed E-state index contributed by atoms with van der Waals surface area (Å²) in [5.41, 5.74) is 3.59. The van der Waals surface area contributed by atoms with Crippen molar-refractivity contribution in [3.05, 3.63) is 65.2 Å². The highest BCUT2D eigenvalue weighted by atomic mass is 32.2. The lowest BCUT2D eigenvalue weighted by Gasteiger charge is -2.32. The first-order chi connectivity index (χ1) is 18.1. The van der Waals surface area contributed by atoms with Crippen molar-refractivity contribution in [3.63, 3.8) is 0 Å². The third-order valence-electron chi connectivity index (χ3n) is 7.36. The van der Waals surface area contributed by atoms with E-state index in [1.165, 1.54) is 10.6 Å². The van der Waals surface area contributed by atoms with Gasteiger partial charge in [0, 0.05) is 25.6 Å². The fourth-order valence-electron chi connectivity index (χ4n) is 5.23. The number of hydrogen-bond acceptors (Lipinski definition) is 4. The fraction of sp³-hybridized carbons (Fsp3) is 0.533. The summed E-state index contributed by atoms with van der Waals surface area (Å²) in [5.74, 6) is -0.210. The zero-order chi connectivity index (χ0) is 27.7. The van der Waals surface area contributed by atoms with Crippen LogP contribution in [0.3, 0.4) is 0 Å². The molecule has 1 atom stereocenters. The maximum Gasteiger partial charge on any atom is 0.243 e. The van der Waals surface area contributed by atoms with Gasteiger partial charge in [-0.25, -0.2) is 8.42 Å². The highest BCUT2D eigenvalue weighted by Crippen LogP contribution is 2.25. The van der Waals surface area contributed by atoms with E-state index in [9.17, 15) is 18.0 Å². The predicted octanol–water partition coefficient (Wildman–Crippen LogP) is 4.76. The Hall–Kier alpha value is -2.87. The zero-order valence-electron chi connectivity index (χ0n) is 23.3. The fourth-order valence-corrected chi connectivity index (χ4v) is 6.25. The maximum absolute atomic E-state index is 13.6. The Labute approximate surface area is 228 Å². The Morgan fingerprint density at radius 3 is 2.34 bits per heavy atom. The van der Waals surface area contributed by atoms with Crippen molar-refractivity contribution in [3.8, 4) is 0 Å². The van der Waals surface area contributed by atoms with Crippen LogP contribution in [-0.2, 0) is 26.0 Å². The van der Waals surface area contributed by atoms with Gasteiger partial charge in [-0.3, -0.25) is 13.9 Å². The number of aryl methyl sites for hydroxylation is 2. The number of benzene rings is 2. The summed E-state index contributed by atoms with van der Waals surface area (Å²) in [6, 6.07) is 15.3. The first kappa shape index (κ1) is 29.7. The summed E-state index contributed by atoms with van der Waals surface area (Å²) >= 11 is 0. The van der Waals surface area contributed by atoms with Crippen LogP contribution in [0.4, 0.5) is 5.69 Å². The average molecular weight is 542 g/mol. The predicted molar refractivity (Wildman–Crippen MR) is 154 cm³/mol. The average Bonchev–Trinajstić information content (AvgIpc) is 3.38. The number of hydrogen-bond donors (Lipinski definition) is 1. The van der Waals surface area contributed by atoms with Crippen LogP contribution < -0.4 is 9.62 Å². The van der Waals surface area contributed by atoms with Crippen LogP contribution in [0.25, 0.3) is 0 Å². The smallest absolute Gasteiger partial charge is 0.243 e. The van der Waals surface area contributed by atoms with Crippen molar-refractivity contribution in [2.75, 3.05) is 23.7 Å². The molecule has 1 aliphatic rings. The molecular weight excluding hydrogens is 498 g/mol. The quantitative estimate of drug-likeness (QED) is 0.396. The monoisotopic (exact) mass is 541 g/mol. The van der Waals surface area contributed by atoms with Crippen molar-refractivity contribution >= 4 is 27.5 Å². The molecule has 0 spiro atoms. The minimum absolute atomic E-state index is 0.0889. The van der Waals surface area contributed by atoms with Gasteiger partial charge < -0.3 is 10.2 Å². The molecule has 0 saturated heterocycles. The van der Waals surface area contributed by atoms with Crippen LogP contribution in [0.5, 0.6) is 0 Å². The number of amides is 2. The van der Waals surface area contributed by atoms with Crippen LogP contribution in [-0.4, -0.2) is 56.6 Å². The van der Waals surface area contributed by atoms with Gasteiger partial charge in [0.1, 0.15) is 6.04 Å². The van der Waals surface area contributed by atoms with Gasteiger partial charge in [0.15, 0.2) is 0 Å². The van der Waals surface area contributed by atoms with Crippen molar-refractivity contribution < 1.29 is 18.0 Å². The normalized spacial score (nSPS) is 14.7. The van der Waals surface area contributed by atoms with E-state index in [1.54, 1.807) is 4.90 Å². The number of carbonyl (C=O) groups is 2. The summed E-state index contributed by atoms with van der Waals surface area (Å²) in [6.45, 7) is 6.39. The second-order valence-electron chi connectivity index (χ2n) is 10.5. The molecule has 3 rings (SSSR count). The molecule has 0 radical (unpaired) electrons. The van der Waals surface area contributed by atoms with E-state index < -0.39 is 16.1 Å². The van der Waals surface area contributed by atoms with Gasteiger partial charge in [-0.15, -0.1) is 0 Å². The maximum atomic E-state index is 13.6. The molecule has 1 aliphatic carbocycles. The molecule has 2 aromatic rings. The number of anilines is 1. The second-order valence-corrected chi connectivity index (χ2v) is 12.4. The van der Waals surface area contributed by atoms with E-state index in [0.717, 1.165) is 42.4 Å². The van der Waals surface area contributed by atoms with Crippen molar-refractivity contribution in [2.24, 2.45) is 0 Å². The number of sulfonamides is 1. The lowest BCUT2D eigenvalue weighted by molar-refractivity contribution is -0.141. The number of carbonyl (C=O) groups excluding carboxylic acids is 2. The number of rotatable bonds is 13. The summed E-state index contributed by atoms with van der Waals surface area (Å²) in [6.07, 6.45) is 7.11.